The summed E-state index contributed by atoms with van der Waals surface area (Å²) in [5.74, 6) is -1.65. The van der Waals surface area contributed by atoms with Crippen molar-refractivity contribution in [3.8, 4) is 0 Å². The normalized spacial score (nSPS) is 18.7. The average molecular weight is 243 g/mol. The van der Waals surface area contributed by atoms with Gasteiger partial charge in [-0.05, 0) is 6.42 Å². The number of nitrogens with zero attached hydrogens (tertiary/aromatic N) is 1. The van der Waals surface area contributed by atoms with Crippen LogP contribution in [0.3, 0.4) is 0 Å². The third kappa shape index (κ3) is 3.47. The van der Waals surface area contributed by atoms with Gasteiger partial charge in [-0.15, -0.1) is 0 Å². The molecular formula is C10H13NO6. The maximum absolute atomic E-state index is 11.5. The maximum Gasteiger partial charge on any atom is 0.413 e. The smallest absolute Gasteiger partial charge is 0.413 e. The third-order valence-corrected chi connectivity index (χ3v) is 2.19. The number of carboxylic acid groups (broad SMARTS) is 1. The van der Waals surface area contributed by atoms with Gasteiger partial charge in [0.05, 0.1) is 0 Å². The lowest BCUT2D eigenvalue weighted by Crippen LogP contribution is -2.38. The highest BCUT2D eigenvalue weighted by Crippen LogP contribution is 2.17. The van der Waals surface area contributed by atoms with Gasteiger partial charge in [0.1, 0.15) is 12.6 Å². The number of rotatable bonds is 5. The molecule has 1 aliphatic heterocycles. The molecule has 1 aliphatic rings. The molecule has 1 saturated heterocycles. The zero-order chi connectivity index (χ0) is 12.8. The first-order valence-electron chi connectivity index (χ1n) is 4.99. The van der Waals surface area contributed by atoms with Gasteiger partial charge in [0, 0.05) is 6.42 Å². The van der Waals surface area contributed by atoms with Crippen molar-refractivity contribution in [3.63, 3.8) is 0 Å². The van der Waals surface area contributed by atoms with E-state index < -0.39 is 24.1 Å². The molecule has 1 amide bonds. The van der Waals surface area contributed by atoms with Crippen molar-refractivity contribution in [1.29, 1.82) is 0 Å². The first kappa shape index (κ1) is 13.0. The molecule has 94 valence electrons. The van der Waals surface area contributed by atoms with Crippen molar-refractivity contribution in [3.05, 3.63) is 12.7 Å². The Kier molecular flexibility index (Phi) is 4.50. The quantitative estimate of drug-likeness (QED) is 0.553. The Hall–Kier alpha value is -2.05. The molecule has 1 heterocycles. The van der Waals surface area contributed by atoms with Crippen LogP contribution in [0.15, 0.2) is 12.7 Å². The van der Waals surface area contributed by atoms with Crippen molar-refractivity contribution < 1.29 is 29.0 Å². The first-order valence-corrected chi connectivity index (χ1v) is 4.99. The summed E-state index contributed by atoms with van der Waals surface area (Å²) in [5.41, 5.74) is 0. The molecule has 0 unspecified atom stereocenters. The Morgan fingerprint density at radius 1 is 1.65 bits per heavy atom. The molecule has 0 radical (unpaired) electrons. The van der Waals surface area contributed by atoms with Crippen LogP contribution < -0.4 is 0 Å². The highest BCUT2D eigenvalue weighted by Gasteiger charge is 2.38. The molecule has 7 nitrogen and oxygen atoms in total. The molecule has 17 heavy (non-hydrogen) atoms. The Bertz CT molecular complexity index is 340. The molecule has 0 spiro atoms. The van der Waals surface area contributed by atoms with Crippen LogP contribution in [0.1, 0.15) is 12.8 Å². The van der Waals surface area contributed by atoms with Gasteiger partial charge in [-0.25, -0.2) is 9.59 Å². The van der Waals surface area contributed by atoms with E-state index in [0.717, 1.165) is 4.90 Å². The summed E-state index contributed by atoms with van der Waals surface area (Å²) in [5, 5.41) is 8.53. The van der Waals surface area contributed by atoms with Gasteiger partial charge in [-0.3, -0.25) is 9.69 Å². The Balaban J connectivity index is 2.57. The van der Waals surface area contributed by atoms with Gasteiger partial charge in [-0.2, -0.15) is 0 Å². The zero-order valence-corrected chi connectivity index (χ0v) is 9.13. The molecule has 0 aromatic rings. The number of ether oxygens (including phenoxy) is 2. The van der Waals surface area contributed by atoms with Gasteiger partial charge < -0.3 is 14.6 Å². The molecule has 0 aromatic carbocycles. The van der Waals surface area contributed by atoms with Crippen LogP contribution in [0.2, 0.25) is 0 Å². The number of cyclic esters (lactones) is 1. The molecule has 1 rings (SSSR count). The largest absolute Gasteiger partial charge is 0.481 e. The monoisotopic (exact) mass is 243 g/mol. The second-order valence-electron chi connectivity index (χ2n) is 3.38. The van der Waals surface area contributed by atoms with Crippen LogP contribution >= 0.6 is 0 Å². The predicted molar refractivity (Wildman–Crippen MR) is 55.0 cm³/mol. The molecule has 1 fully saturated rings. The Morgan fingerprint density at radius 3 is 2.94 bits per heavy atom. The van der Waals surface area contributed by atoms with Crippen molar-refractivity contribution in [2.24, 2.45) is 0 Å². The van der Waals surface area contributed by atoms with Crippen LogP contribution in [0, 0.1) is 0 Å². The summed E-state index contributed by atoms with van der Waals surface area (Å²) < 4.78 is 9.43. The topological polar surface area (TPSA) is 93.1 Å². The number of carboxylic acids is 1. The van der Waals surface area contributed by atoms with E-state index in [1.165, 1.54) is 6.08 Å². The predicted octanol–water partition coefficient (Wildman–Crippen LogP) is 0.359. The zero-order valence-electron chi connectivity index (χ0n) is 9.13. The molecule has 1 N–H and O–H groups in total. The fraction of sp³-hybridized carbons (Fsp3) is 0.500. The minimum absolute atomic E-state index is 0.0113. The number of amides is 1. The third-order valence-electron chi connectivity index (χ3n) is 2.19. The molecule has 7 heteroatoms. The SMILES string of the molecule is C=CCOC(=O)N1COC(=O)[C@@H]1CCC(=O)O. The van der Waals surface area contributed by atoms with E-state index in [0.29, 0.717) is 0 Å². The fourth-order valence-electron chi connectivity index (χ4n) is 1.37. The second-order valence-corrected chi connectivity index (χ2v) is 3.38. The Morgan fingerprint density at radius 2 is 2.35 bits per heavy atom. The summed E-state index contributed by atoms with van der Waals surface area (Å²) >= 11 is 0. The highest BCUT2D eigenvalue weighted by atomic mass is 16.6. The number of esters is 1. The maximum atomic E-state index is 11.5. The Labute approximate surface area is 97.6 Å². The molecule has 0 aromatic heterocycles. The van der Waals surface area contributed by atoms with Crippen LogP contribution in [0.5, 0.6) is 0 Å². The first-order chi connectivity index (χ1) is 8.06. The molecule has 1 atom stereocenters. The number of hydrogen-bond donors (Lipinski definition) is 1. The number of carbonyl (C=O) groups excluding carboxylic acids is 2. The second kappa shape index (κ2) is 5.88. The lowest BCUT2D eigenvalue weighted by molar-refractivity contribution is -0.140. The summed E-state index contributed by atoms with van der Waals surface area (Å²) in [7, 11) is 0. The van der Waals surface area contributed by atoms with Crippen molar-refractivity contribution in [2.75, 3.05) is 13.3 Å². The fourth-order valence-corrected chi connectivity index (χ4v) is 1.37. The summed E-state index contributed by atoms with van der Waals surface area (Å²) in [6.07, 6.45) is 0.469. The lowest BCUT2D eigenvalue weighted by Gasteiger charge is -2.18. The average Bonchev–Trinajstić information content (AvgIpc) is 2.64. The minimum Gasteiger partial charge on any atom is -0.481 e. The minimum atomic E-state index is -1.04. The van der Waals surface area contributed by atoms with Crippen molar-refractivity contribution >= 4 is 18.0 Å². The van der Waals surface area contributed by atoms with Crippen LogP contribution in [0.4, 0.5) is 4.79 Å². The number of aliphatic carboxylic acids is 1. The van der Waals surface area contributed by atoms with Crippen LogP contribution in [0.25, 0.3) is 0 Å². The number of carbonyl (C=O) groups is 3. The van der Waals surface area contributed by atoms with E-state index in [4.69, 9.17) is 9.84 Å². The highest BCUT2D eigenvalue weighted by molar-refractivity contribution is 5.84. The summed E-state index contributed by atoms with van der Waals surface area (Å²) in [4.78, 5) is 34.2. The number of hydrogen-bond acceptors (Lipinski definition) is 5. The van der Waals surface area contributed by atoms with Crippen LogP contribution in [-0.4, -0.2) is 47.4 Å². The molecule has 0 bridgehead atoms. The van der Waals surface area contributed by atoms with E-state index in [1.807, 2.05) is 0 Å². The van der Waals surface area contributed by atoms with E-state index in [9.17, 15) is 14.4 Å². The molecular weight excluding hydrogens is 230 g/mol. The molecule has 0 saturated carbocycles. The molecule has 0 aliphatic carbocycles. The van der Waals surface area contributed by atoms with Crippen molar-refractivity contribution in [1.82, 2.24) is 4.90 Å². The van der Waals surface area contributed by atoms with Crippen LogP contribution in [-0.2, 0) is 19.1 Å². The summed E-state index contributed by atoms with van der Waals surface area (Å²) in [6, 6.07) is -0.886. The van der Waals surface area contributed by atoms with Crippen molar-refractivity contribution in [2.45, 2.75) is 18.9 Å². The van der Waals surface area contributed by atoms with E-state index in [1.54, 1.807) is 0 Å². The van der Waals surface area contributed by atoms with Gasteiger partial charge in [-0.1, -0.05) is 12.7 Å². The van der Waals surface area contributed by atoms with E-state index >= 15 is 0 Å². The van der Waals surface area contributed by atoms with E-state index in [-0.39, 0.29) is 26.2 Å². The van der Waals surface area contributed by atoms with Gasteiger partial charge in [0.25, 0.3) is 0 Å². The lowest BCUT2D eigenvalue weighted by atomic mass is 10.1. The van der Waals surface area contributed by atoms with Gasteiger partial charge in [0.15, 0.2) is 6.73 Å². The summed E-state index contributed by atoms with van der Waals surface area (Å²) in [6.45, 7) is 3.19. The van der Waals surface area contributed by atoms with Gasteiger partial charge in [0.2, 0.25) is 0 Å². The van der Waals surface area contributed by atoms with Gasteiger partial charge >= 0.3 is 18.0 Å². The standard InChI is InChI=1S/C10H13NO6/c1-2-5-16-10(15)11-6-17-9(14)7(11)3-4-8(12)13/h2,7H,1,3-6H2,(H,12,13)/t7-/m0/s1. The van der Waals surface area contributed by atoms with E-state index in [2.05, 4.69) is 11.3 Å².